The van der Waals surface area contributed by atoms with Crippen molar-refractivity contribution in [1.29, 1.82) is 0 Å². The average molecular weight is 569 g/mol. The van der Waals surface area contributed by atoms with E-state index in [2.05, 4.69) is 30.0 Å². The van der Waals surface area contributed by atoms with Crippen LogP contribution in [0.4, 0.5) is 24.9 Å². The van der Waals surface area contributed by atoms with Crippen LogP contribution in [0.15, 0.2) is 61.6 Å². The molecule has 5 heterocycles. The summed E-state index contributed by atoms with van der Waals surface area (Å²) in [6.45, 7) is 2.30. The second kappa shape index (κ2) is 10.1. The van der Waals surface area contributed by atoms with Crippen molar-refractivity contribution < 1.29 is 13.2 Å². The minimum Gasteiger partial charge on any atom is -0.351 e. The maximum atomic E-state index is 14.1. The van der Waals surface area contributed by atoms with Gasteiger partial charge in [0.05, 0.1) is 11.2 Å². The lowest BCUT2D eigenvalue weighted by Gasteiger charge is -2.36. The van der Waals surface area contributed by atoms with Crippen LogP contribution in [-0.4, -0.2) is 67.0 Å². The van der Waals surface area contributed by atoms with Gasteiger partial charge in [0.15, 0.2) is 5.82 Å². The summed E-state index contributed by atoms with van der Waals surface area (Å²) in [7, 11) is 1.84. The van der Waals surface area contributed by atoms with Gasteiger partial charge in [0.25, 0.3) is 6.43 Å². The third kappa shape index (κ3) is 4.40. The molecule has 1 aliphatic heterocycles. The molecule has 206 valence electrons. The number of nitrogens with two attached hydrogens (primary N) is 1. The Bertz CT molecular complexity index is 1650. The van der Waals surface area contributed by atoms with E-state index in [-0.39, 0.29) is 11.1 Å². The lowest BCUT2D eigenvalue weighted by Crippen LogP contribution is -2.48. The summed E-state index contributed by atoms with van der Waals surface area (Å²) < 4.78 is 45.1. The molecule has 0 bridgehead atoms. The molecule has 14 heteroatoms. The van der Waals surface area contributed by atoms with Gasteiger partial charge in [-0.15, -0.1) is 0 Å². The van der Waals surface area contributed by atoms with Gasteiger partial charge in [0.1, 0.15) is 23.2 Å². The predicted octanol–water partition coefficient (Wildman–Crippen LogP) is 3.51. The summed E-state index contributed by atoms with van der Waals surface area (Å²) >= 11 is 6.80. The van der Waals surface area contributed by atoms with Crippen LogP contribution in [0.3, 0.4) is 0 Å². The monoisotopic (exact) mass is 568 g/mol. The molecule has 0 radical (unpaired) electrons. The summed E-state index contributed by atoms with van der Waals surface area (Å²) in [5.74, 6) is 0.559. The second-order valence-corrected chi connectivity index (χ2v) is 9.94. The molecule has 0 aliphatic carbocycles. The number of benzene rings is 1. The fourth-order valence-corrected chi connectivity index (χ4v) is 5.24. The Kier molecular flexibility index (Phi) is 6.55. The molecule has 0 amide bonds. The van der Waals surface area contributed by atoms with Crippen LogP contribution in [0.25, 0.3) is 16.6 Å². The number of hydrogen-bond acceptors (Lipinski definition) is 8. The standard InChI is InChI=1S/C26H24ClF3N10/c1-37-13-16(10-35-37)20-14-40-22(21(20)27)23(34-15-36-40)38-6-8-39(9-7-38)25-32-11-18(12-33-25)26(31,24(29)30)17-2-4-19(28)5-3-17/h2-5,10-15,24H,6-9,31H2,1H3/t26-/m1/s1. The van der Waals surface area contributed by atoms with Crippen molar-refractivity contribution in [3.8, 4) is 11.1 Å². The number of anilines is 2. The summed E-state index contributed by atoms with van der Waals surface area (Å²) in [6, 6.07) is 4.69. The zero-order chi connectivity index (χ0) is 28.0. The van der Waals surface area contributed by atoms with Gasteiger partial charge in [-0.2, -0.15) is 10.2 Å². The third-order valence-electron chi connectivity index (χ3n) is 7.15. The van der Waals surface area contributed by atoms with Crippen molar-refractivity contribution in [2.24, 2.45) is 12.8 Å². The Morgan fingerprint density at radius 3 is 2.20 bits per heavy atom. The molecule has 0 spiro atoms. The minimum atomic E-state index is -2.96. The zero-order valence-corrected chi connectivity index (χ0v) is 22.0. The fraction of sp³-hybridized carbons (Fsp3) is 0.269. The van der Waals surface area contributed by atoms with E-state index in [1.165, 1.54) is 30.9 Å². The Hall–Kier alpha value is -4.23. The van der Waals surface area contributed by atoms with E-state index in [0.717, 1.165) is 23.3 Å². The number of halogens is 4. The molecule has 6 rings (SSSR count). The van der Waals surface area contributed by atoms with Crippen LogP contribution in [0, 0.1) is 5.82 Å². The summed E-state index contributed by atoms with van der Waals surface area (Å²) in [4.78, 5) is 17.3. The molecule has 1 aromatic carbocycles. The first kappa shape index (κ1) is 26.0. The molecule has 2 N–H and O–H groups in total. The van der Waals surface area contributed by atoms with Crippen molar-refractivity contribution in [1.82, 2.24) is 34.3 Å². The van der Waals surface area contributed by atoms with Gasteiger partial charge in [-0.1, -0.05) is 23.7 Å². The SMILES string of the molecule is Cn1cc(-c2cn3ncnc(N4CCN(c5ncc([C@](N)(c6ccc(F)cc6)C(F)F)cn5)CC4)c3c2Cl)cn1. The largest absolute Gasteiger partial charge is 0.351 e. The molecule has 0 saturated carbocycles. The van der Waals surface area contributed by atoms with Crippen LogP contribution in [0.2, 0.25) is 5.02 Å². The Labute approximate surface area is 231 Å². The highest BCUT2D eigenvalue weighted by atomic mass is 35.5. The zero-order valence-electron chi connectivity index (χ0n) is 21.3. The summed E-state index contributed by atoms with van der Waals surface area (Å²) in [6.07, 6.45) is 6.62. The van der Waals surface area contributed by atoms with E-state index in [9.17, 15) is 13.2 Å². The molecule has 1 fully saturated rings. The molecule has 0 unspecified atom stereocenters. The number of rotatable bonds is 6. The van der Waals surface area contributed by atoms with Crippen LogP contribution in [0.1, 0.15) is 11.1 Å². The van der Waals surface area contributed by atoms with Gasteiger partial charge in [-0.05, 0) is 17.7 Å². The number of hydrogen-bond donors (Lipinski definition) is 1. The first-order valence-corrected chi connectivity index (χ1v) is 12.8. The van der Waals surface area contributed by atoms with Gasteiger partial charge in [0.2, 0.25) is 5.95 Å². The third-order valence-corrected chi connectivity index (χ3v) is 7.54. The fourth-order valence-electron chi connectivity index (χ4n) is 4.91. The number of alkyl halides is 2. The molecular formula is C26H24ClF3N10. The van der Waals surface area contributed by atoms with E-state index >= 15 is 0 Å². The molecule has 1 aliphatic rings. The van der Waals surface area contributed by atoms with Crippen molar-refractivity contribution in [2.45, 2.75) is 12.0 Å². The molecule has 4 aromatic heterocycles. The number of piperazine rings is 1. The van der Waals surface area contributed by atoms with E-state index in [0.29, 0.717) is 48.5 Å². The normalized spacial score (nSPS) is 15.7. The summed E-state index contributed by atoms with van der Waals surface area (Å²) in [5.41, 5.74) is 6.46. The first-order chi connectivity index (χ1) is 19.3. The highest BCUT2D eigenvalue weighted by molar-refractivity contribution is 6.37. The maximum Gasteiger partial charge on any atom is 0.264 e. The van der Waals surface area contributed by atoms with Gasteiger partial charge >= 0.3 is 0 Å². The van der Waals surface area contributed by atoms with E-state index in [1.54, 1.807) is 15.4 Å². The molecule has 5 aromatic rings. The highest BCUT2D eigenvalue weighted by Crippen LogP contribution is 2.37. The van der Waals surface area contributed by atoms with Gasteiger partial charge in [-0.3, -0.25) is 4.68 Å². The maximum absolute atomic E-state index is 14.1. The van der Waals surface area contributed by atoms with Crippen LogP contribution in [-0.2, 0) is 12.6 Å². The Morgan fingerprint density at radius 2 is 1.57 bits per heavy atom. The Balaban J connectivity index is 1.21. The number of nitrogens with zero attached hydrogens (tertiary/aromatic N) is 9. The average Bonchev–Trinajstić information content (AvgIpc) is 3.55. The topological polar surface area (TPSA) is 106 Å². The molecular weight excluding hydrogens is 545 g/mol. The van der Waals surface area contributed by atoms with Crippen molar-refractivity contribution in [3.05, 3.63) is 83.5 Å². The highest BCUT2D eigenvalue weighted by Gasteiger charge is 2.40. The number of aryl methyl sites for hydroxylation is 1. The van der Waals surface area contributed by atoms with Crippen LogP contribution < -0.4 is 15.5 Å². The first-order valence-electron chi connectivity index (χ1n) is 12.4. The molecule has 1 atom stereocenters. The van der Waals surface area contributed by atoms with Crippen molar-refractivity contribution in [2.75, 3.05) is 36.0 Å². The van der Waals surface area contributed by atoms with Crippen molar-refractivity contribution in [3.63, 3.8) is 0 Å². The van der Waals surface area contributed by atoms with Gasteiger partial charge < -0.3 is 15.5 Å². The number of fused-ring (bicyclic) bond motifs is 1. The molecule has 40 heavy (non-hydrogen) atoms. The van der Waals surface area contributed by atoms with E-state index in [4.69, 9.17) is 17.3 Å². The van der Waals surface area contributed by atoms with E-state index < -0.39 is 17.8 Å². The lowest BCUT2D eigenvalue weighted by molar-refractivity contribution is 0.0738. The van der Waals surface area contributed by atoms with Crippen LogP contribution >= 0.6 is 11.6 Å². The second-order valence-electron chi connectivity index (χ2n) is 9.56. The van der Waals surface area contributed by atoms with Gasteiger partial charge in [-0.25, -0.2) is 32.6 Å². The van der Waals surface area contributed by atoms with Crippen LogP contribution in [0.5, 0.6) is 0 Å². The summed E-state index contributed by atoms with van der Waals surface area (Å²) in [5, 5.41) is 9.10. The van der Waals surface area contributed by atoms with Gasteiger partial charge in [0, 0.05) is 74.7 Å². The lowest BCUT2D eigenvalue weighted by atomic mass is 9.85. The van der Waals surface area contributed by atoms with Crippen molar-refractivity contribution >= 4 is 28.9 Å². The molecule has 1 saturated heterocycles. The number of aromatic nitrogens is 7. The van der Waals surface area contributed by atoms with E-state index in [1.807, 2.05) is 24.3 Å². The quantitative estimate of drug-likeness (QED) is 0.332. The smallest absolute Gasteiger partial charge is 0.264 e. The minimum absolute atomic E-state index is 0.0344. The molecule has 10 nitrogen and oxygen atoms in total. The Morgan fingerprint density at radius 1 is 0.900 bits per heavy atom. The predicted molar refractivity (Wildman–Crippen MR) is 144 cm³/mol.